The van der Waals surface area contributed by atoms with Gasteiger partial charge in [-0.25, -0.2) is 0 Å². The summed E-state index contributed by atoms with van der Waals surface area (Å²) in [5.74, 6) is -0.836. The van der Waals surface area contributed by atoms with E-state index in [1.54, 1.807) is 0 Å². The van der Waals surface area contributed by atoms with Crippen LogP contribution in [0, 0.1) is 5.92 Å². The summed E-state index contributed by atoms with van der Waals surface area (Å²) < 4.78 is 0. The van der Waals surface area contributed by atoms with Gasteiger partial charge in [0.2, 0.25) is 17.7 Å². The molecule has 7 heteroatoms. The largest absolute Gasteiger partial charge is 0.359 e. The molecule has 0 aromatic rings. The summed E-state index contributed by atoms with van der Waals surface area (Å²) in [7, 11) is 1.53. The normalized spacial score (nSPS) is 11.8. The number of amides is 3. The lowest BCUT2D eigenvalue weighted by atomic mass is 10.1. The Hall–Kier alpha value is -1.63. The fraction of sp³-hybridized carbons (Fsp3) is 0.727. The Morgan fingerprint density at radius 1 is 1.11 bits per heavy atom. The molecule has 0 radical (unpaired) electrons. The maximum atomic E-state index is 11.4. The molecule has 3 amide bonds. The zero-order valence-electron chi connectivity index (χ0n) is 11.1. The zero-order valence-corrected chi connectivity index (χ0v) is 11.1. The molecule has 0 saturated carbocycles. The predicted molar refractivity (Wildman–Crippen MR) is 67.5 cm³/mol. The summed E-state index contributed by atoms with van der Waals surface area (Å²) >= 11 is 0. The molecule has 0 aromatic heterocycles. The van der Waals surface area contributed by atoms with E-state index >= 15 is 0 Å². The van der Waals surface area contributed by atoms with Crippen molar-refractivity contribution < 1.29 is 14.4 Å². The fourth-order valence-electron chi connectivity index (χ4n) is 1.09. The van der Waals surface area contributed by atoms with Gasteiger partial charge in [0.05, 0.1) is 12.6 Å². The number of carbonyl (C=O) groups is 3. The third-order valence-corrected chi connectivity index (χ3v) is 2.40. The molecule has 1 atom stereocenters. The second-order valence-electron chi connectivity index (χ2n) is 4.26. The fourth-order valence-corrected chi connectivity index (χ4v) is 1.09. The van der Waals surface area contributed by atoms with Crippen LogP contribution in [0.2, 0.25) is 0 Å². The molecule has 0 saturated heterocycles. The molecule has 0 aromatic carbocycles. The molecule has 0 aliphatic heterocycles. The summed E-state index contributed by atoms with van der Waals surface area (Å²) in [6.45, 7) is 3.76. The van der Waals surface area contributed by atoms with Gasteiger partial charge in [0.15, 0.2) is 0 Å². The zero-order chi connectivity index (χ0) is 14.1. The van der Waals surface area contributed by atoms with Crippen LogP contribution in [0.5, 0.6) is 0 Å². The number of nitrogens with one attached hydrogen (secondary N) is 3. The second-order valence-corrected chi connectivity index (χ2v) is 4.26. The molecule has 0 heterocycles. The molecule has 0 spiro atoms. The first-order valence-electron chi connectivity index (χ1n) is 5.89. The molecule has 0 unspecified atom stereocenters. The van der Waals surface area contributed by atoms with Crippen LogP contribution in [0.4, 0.5) is 0 Å². The van der Waals surface area contributed by atoms with Crippen molar-refractivity contribution in [1.82, 2.24) is 16.0 Å². The van der Waals surface area contributed by atoms with Crippen LogP contribution in [-0.2, 0) is 14.4 Å². The van der Waals surface area contributed by atoms with Crippen LogP contribution >= 0.6 is 0 Å². The van der Waals surface area contributed by atoms with Crippen LogP contribution in [0.25, 0.3) is 0 Å². The molecular weight excluding hydrogens is 236 g/mol. The van der Waals surface area contributed by atoms with Crippen LogP contribution in [0.15, 0.2) is 0 Å². The van der Waals surface area contributed by atoms with Crippen molar-refractivity contribution in [1.29, 1.82) is 0 Å². The molecule has 18 heavy (non-hydrogen) atoms. The first-order valence-corrected chi connectivity index (χ1v) is 5.89. The van der Waals surface area contributed by atoms with Gasteiger partial charge < -0.3 is 21.7 Å². The van der Waals surface area contributed by atoms with Crippen LogP contribution in [-0.4, -0.2) is 43.9 Å². The average molecular weight is 258 g/mol. The third kappa shape index (κ3) is 6.85. The number of hydrogen-bond donors (Lipinski definition) is 4. The molecule has 5 N–H and O–H groups in total. The minimum absolute atomic E-state index is 0.0151. The number of hydrogen-bond acceptors (Lipinski definition) is 4. The summed E-state index contributed by atoms with van der Waals surface area (Å²) in [4.78, 5) is 33.6. The molecule has 0 fully saturated rings. The lowest BCUT2D eigenvalue weighted by molar-refractivity contribution is -0.127. The molecule has 0 aliphatic rings. The van der Waals surface area contributed by atoms with E-state index < -0.39 is 6.04 Å². The lowest BCUT2D eigenvalue weighted by Gasteiger charge is -2.15. The molecule has 7 nitrogen and oxygen atoms in total. The Bertz CT molecular complexity index is 305. The van der Waals surface area contributed by atoms with Crippen molar-refractivity contribution in [2.24, 2.45) is 11.7 Å². The summed E-state index contributed by atoms with van der Waals surface area (Å²) in [6, 6.07) is -0.622. The minimum atomic E-state index is -0.622. The van der Waals surface area contributed by atoms with Gasteiger partial charge >= 0.3 is 0 Å². The van der Waals surface area contributed by atoms with Crippen molar-refractivity contribution in [3.05, 3.63) is 0 Å². The quantitative estimate of drug-likeness (QED) is 0.437. The highest BCUT2D eigenvalue weighted by Crippen LogP contribution is 1.97. The van der Waals surface area contributed by atoms with Gasteiger partial charge in [0, 0.05) is 20.0 Å². The number of nitrogens with two attached hydrogens (primary N) is 1. The summed E-state index contributed by atoms with van der Waals surface area (Å²) in [6.07, 6.45) is 0.210. The summed E-state index contributed by atoms with van der Waals surface area (Å²) in [5, 5.41) is 7.40. The van der Waals surface area contributed by atoms with Crippen LogP contribution in [0.3, 0.4) is 0 Å². The van der Waals surface area contributed by atoms with E-state index in [-0.39, 0.29) is 43.1 Å². The molecule has 104 valence electrons. The highest BCUT2D eigenvalue weighted by molar-refractivity contribution is 5.87. The van der Waals surface area contributed by atoms with Crippen molar-refractivity contribution in [2.75, 3.05) is 20.1 Å². The molecule has 0 aliphatic carbocycles. The minimum Gasteiger partial charge on any atom is -0.359 e. The Kier molecular flexibility index (Phi) is 7.69. The predicted octanol–water partition coefficient (Wildman–Crippen LogP) is -1.66. The van der Waals surface area contributed by atoms with Gasteiger partial charge in [-0.3, -0.25) is 14.4 Å². The van der Waals surface area contributed by atoms with Gasteiger partial charge in [-0.1, -0.05) is 13.8 Å². The highest BCUT2D eigenvalue weighted by Gasteiger charge is 2.17. The van der Waals surface area contributed by atoms with E-state index in [2.05, 4.69) is 16.0 Å². The summed E-state index contributed by atoms with van der Waals surface area (Å²) in [5.41, 5.74) is 5.61. The third-order valence-electron chi connectivity index (χ3n) is 2.40. The van der Waals surface area contributed by atoms with Crippen molar-refractivity contribution in [3.63, 3.8) is 0 Å². The topological polar surface area (TPSA) is 113 Å². The highest BCUT2D eigenvalue weighted by atomic mass is 16.2. The van der Waals surface area contributed by atoms with E-state index in [1.807, 2.05) is 13.8 Å². The lowest BCUT2D eigenvalue weighted by Crippen LogP contribution is -2.47. The van der Waals surface area contributed by atoms with E-state index in [1.165, 1.54) is 7.05 Å². The van der Waals surface area contributed by atoms with Crippen molar-refractivity contribution in [2.45, 2.75) is 26.3 Å². The number of rotatable bonds is 7. The Morgan fingerprint density at radius 2 is 1.72 bits per heavy atom. The molecular formula is C11H22N4O3. The monoisotopic (exact) mass is 258 g/mol. The smallest absolute Gasteiger partial charge is 0.239 e. The first-order chi connectivity index (χ1) is 8.38. The Balaban J connectivity index is 3.77. The number of carbonyl (C=O) groups excluding carboxylic acids is 3. The van der Waals surface area contributed by atoms with E-state index in [0.717, 1.165) is 0 Å². The Morgan fingerprint density at radius 3 is 2.22 bits per heavy atom. The van der Waals surface area contributed by atoms with Gasteiger partial charge in [-0.05, 0) is 5.92 Å². The van der Waals surface area contributed by atoms with Crippen molar-refractivity contribution >= 4 is 17.7 Å². The van der Waals surface area contributed by atoms with E-state index in [0.29, 0.717) is 0 Å². The van der Waals surface area contributed by atoms with Crippen molar-refractivity contribution in [3.8, 4) is 0 Å². The second kappa shape index (κ2) is 8.46. The van der Waals surface area contributed by atoms with E-state index in [4.69, 9.17) is 5.73 Å². The van der Waals surface area contributed by atoms with Gasteiger partial charge in [0.25, 0.3) is 0 Å². The Labute approximate surface area is 107 Å². The SMILES string of the molecule is CNC(=O)CCNC(=O)CNC(=O)[C@@H](N)C(C)C. The molecule has 0 bridgehead atoms. The van der Waals surface area contributed by atoms with Gasteiger partial charge in [-0.15, -0.1) is 0 Å². The van der Waals surface area contributed by atoms with E-state index in [9.17, 15) is 14.4 Å². The molecule has 0 rings (SSSR count). The van der Waals surface area contributed by atoms with Crippen LogP contribution in [0.1, 0.15) is 20.3 Å². The van der Waals surface area contributed by atoms with Gasteiger partial charge in [0.1, 0.15) is 0 Å². The first kappa shape index (κ1) is 16.4. The van der Waals surface area contributed by atoms with Gasteiger partial charge in [-0.2, -0.15) is 0 Å². The standard InChI is InChI=1S/C11H22N4O3/c1-7(2)10(12)11(18)15-6-9(17)14-5-4-8(16)13-3/h7,10H,4-6,12H2,1-3H3,(H,13,16)(H,14,17)(H,15,18)/t10-/m0/s1. The average Bonchev–Trinajstić information content (AvgIpc) is 2.34. The van der Waals surface area contributed by atoms with Crippen LogP contribution < -0.4 is 21.7 Å². The maximum absolute atomic E-state index is 11.4. The maximum Gasteiger partial charge on any atom is 0.239 e.